The van der Waals surface area contributed by atoms with Crippen molar-refractivity contribution in [2.45, 2.75) is 32.7 Å². The zero-order valence-corrected chi connectivity index (χ0v) is 17.9. The predicted molar refractivity (Wildman–Crippen MR) is 126 cm³/mol. The van der Waals surface area contributed by atoms with Crippen LogP contribution in [0.3, 0.4) is 0 Å². The lowest BCUT2D eigenvalue weighted by molar-refractivity contribution is -0.116. The number of phenols is 1. The van der Waals surface area contributed by atoms with E-state index in [9.17, 15) is 14.7 Å². The first-order chi connectivity index (χ1) is 15.5. The van der Waals surface area contributed by atoms with E-state index in [1.807, 2.05) is 67.6 Å². The van der Waals surface area contributed by atoms with Gasteiger partial charge in [-0.25, -0.2) is 4.98 Å². The van der Waals surface area contributed by atoms with Crippen molar-refractivity contribution in [3.63, 3.8) is 0 Å². The van der Waals surface area contributed by atoms with Gasteiger partial charge in [0.25, 0.3) is 5.56 Å². The summed E-state index contributed by atoms with van der Waals surface area (Å²) in [6.45, 7) is 2.39. The number of aromatic nitrogens is 2. The lowest BCUT2D eigenvalue weighted by atomic mass is 10.1. The number of fused-ring (bicyclic) bond motifs is 1. The Bertz CT molecular complexity index is 1310. The van der Waals surface area contributed by atoms with Gasteiger partial charge in [-0.05, 0) is 48.7 Å². The molecule has 0 bridgehead atoms. The maximum atomic E-state index is 13.2. The largest absolute Gasteiger partial charge is 0.506 e. The summed E-state index contributed by atoms with van der Waals surface area (Å²) in [6, 6.07) is 22.6. The van der Waals surface area contributed by atoms with Crippen LogP contribution >= 0.6 is 0 Å². The van der Waals surface area contributed by atoms with E-state index < -0.39 is 0 Å². The van der Waals surface area contributed by atoms with E-state index in [1.165, 1.54) is 0 Å². The molecule has 3 aromatic carbocycles. The van der Waals surface area contributed by atoms with E-state index in [0.717, 1.165) is 28.6 Å². The molecule has 1 amide bonds. The second kappa shape index (κ2) is 9.47. The van der Waals surface area contributed by atoms with E-state index in [-0.39, 0.29) is 30.1 Å². The molecule has 0 atom stereocenters. The van der Waals surface area contributed by atoms with Crippen LogP contribution < -0.4 is 10.9 Å². The second-order valence-electron chi connectivity index (χ2n) is 7.81. The van der Waals surface area contributed by atoms with Gasteiger partial charge in [0.2, 0.25) is 5.91 Å². The van der Waals surface area contributed by atoms with Crippen LogP contribution in [0.25, 0.3) is 11.0 Å². The minimum Gasteiger partial charge on any atom is -0.506 e. The zero-order valence-electron chi connectivity index (χ0n) is 17.9. The minimum atomic E-state index is -0.283. The van der Waals surface area contributed by atoms with Gasteiger partial charge < -0.3 is 15.0 Å². The van der Waals surface area contributed by atoms with E-state index >= 15 is 0 Å². The average Bonchev–Trinajstić information content (AvgIpc) is 2.80. The topological polar surface area (TPSA) is 84.2 Å². The van der Waals surface area contributed by atoms with Crippen LogP contribution in [0.15, 0.2) is 77.6 Å². The molecule has 162 valence electrons. The lowest BCUT2D eigenvalue weighted by Crippen LogP contribution is -2.27. The normalized spacial score (nSPS) is 10.9. The molecule has 1 heterocycles. The Balaban J connectivity index is 1.54. The molecule has 2 N–H and O–H groups in total. The third kappa shape index (κ3) is 4.86. The zero-order chi connectivity index (χ0) is 22.5. The van der Waals surface area contributed by atoms with Gasteiger partial charge in [0.15, 0.2) is 0 Å². The quantitative estimate of drug-likeness (QED) is 0.433. The molecule has 0 aliphatic heterocycles. The van der Waals surface area contributed by atoms with Gasteiger partial charge in [0.1, 0.15) is 11.4 Å². The maximum absolute atomic E-state index is 13.2. The van der Waals surface area contributed by atoms with E-state index in [2.05, 4.69) is 10.3 Å². The number of hydrogen-bond acceptors (Lipinski definition) is 4. The number of anilines is 1. The molecule has 32 heavy (non-hydrogen) atoms. The summed E-state index contributed by atoms with van der Waals surface area (Å²) in [5, 5.41) is 12.7. The first-order valence-electron chi connectivity index (χ1n) is 10.6. The van der Waals surface area contributed by atoms with Crippen molar-refractivity contribution >= 4 is 22.6 Å². The number of hydrogen-bond donors (Lipinski definition) is 2. The van der Waals surface area contributed by atoms with Crippen LogP contribution in [0.4, 0.5) is 5.69 Å². The van der Waals surface area contributed by atoms with E-state index in [4.69, 9.17) is 0 Å². The van der Waals surface area contributed by atoms with Crippen molar-refractivity contribution in [3.8, 4) is 5.75 Å². The smallest absolute Gasteiger partial charge is 0.272 e. The number of amides is 1. The Labute approximate surface area is 186 Å². The maximum Gasteiger partial charge on any atom is 0.272 e. The molecular weight excluding hydrogens is 402 g/mol. The molecule has 0 aliphatic rings. The first-order valence-corrected chi connectivity index (χ1v) is 10.6. The summed E-state index contributed by atoms with van der Waals surface area (Å²) >= 11 is 0. The standard InChI is InChI=1S/C26H25N3O3/c1-18-11-12-21(24(30)17-18)28-25(31)14-13-22-26(32)29(16-15-19-7-3-2-4-8-19)23-10-6-5-9-20(23)27-22/h2-12,17,30H,13-16H2,1H3,(H,28,31). The molecule has 4 aromatic rings. The number of carbonyl (C=O) groups excluding carboxylic acids is 1. The highest BCUT2D eigenvalue weighted by molar-refractivity contribution is 5.92. The van der Waals surface area contributed by atoms with Crippen molar-refractivity contribution in [3.05, 3.63) is 100.0 Å². The minimum absolute atomic E-state index is 0.0189. The Morgan fingerprint density at radius 1 is 1.00 bits per heavy atom. The molecule has 4 rings (SSSR count). The number of aryl methyl sites for hydroxylation is 4. The van der Waals surface area contributed by atoms with Gasteiger partial charge in [-0.15, -0.1) is 0 Å². The summed E-state index contributed by atoms with van der Waals surface area (Å²) in [7, 11) is 0. The summed E-state index contributed by atoms with van der Waals surface area (Å²) in [6.07, 6.45) is 1.03. The van der Waals surface area contributed by atoms with Crippen molar-refractivity contribution in [2.24, 2.45) is 0 Å². The first kappa shape index (κ1) is 21.3. The number of benzene rings is 3. The number of rotatable bonds is 7. The number of aromatic hydroxyl groups is 1. The average molecular weight is 428 g/mol. The van der Waals surface area contributed by atoms with E-state index in [0.29, 0.717) is 17.9 Å². The van der Waals surface area contributed by atoms with Gasteiger partial charge in [0, 0.05) is 19.4 Å². The van der Waals surface area contributed by atoms with E-state index in [1.54, 1.807) is 16.7 Å². The fraction of sp³-hybridized carbons (Fsp3) is 0.192. The molecule has 0 saturated heterocycles. The van der Waals surface area contributed by atoms with Crippen molar-refractivity contribution in [1.82, 2.24) is 9.55 Å². The Morgan fingerprint density at radius 2 is 1.75 bits per heavy atom. The molecule has 0 fully saturated rings. The van der Waals surface area contributed by atoms with Gasteiger partial charge in [-0.2, -0.15) is 0 Å². The third-order valence-electron chi connectivity index (χ3n) is 5.40. The molecule has 0 radical (unpaired) electrons. The summed E-state index contributed by atoms with van der Waals surface area (Å²) in [4.78, 5) is 30.2. The molecule has 0 spiro atoms. The van der Waals surface area contributed by atoms with Crippen molar-refractivity contribution in [1.29, 1.82) is 0 Å². The number of para-hydroxylation sites is 2. The highest BCUT2D eigenvalue weighted by Crippen LogP contribution is 2.24. The van der Waals surface area contributed by atoms with Gasteiger partial charge in [0.05, 0.1) is 16.7 Å². The number of carbonyl (C=O) groups is 1. The Kier molecular flexibility index (Phi) is 6.31. The van der Waals surface area contributed by atoms with Crippen LogP contribution in [0.5, 0.6) is 5.75 Å². The molecule has 6 heteroatoms. The van der Waals surface area contributed by atoms with Crippen LogP contribution in [-0.2, 0) is 24.2 Å². The van der Waals surface area contributed by atoms with Crippen LogP contribution in [-0.4, -0.2) is 20.6 Å². The number of phenolic OH excluding ortho intramolecular Hbond substituents is 1. The lowest BCUT2D eigenvalue weighted by Gasteiger charge is -2.13. The third-order valence-corrected chi connectivity index (χ3v) is 5.40. The van der Waals surface area contributed by atoms with Crippen molar-refractivity contribution < 1.29 is 9.90 Å². The predicted octanol–water partition coefficient (Wildman–Crippen LogP) is 4.22. The number of nitrogens with one attached hydrogen (secondary N) is 1. The summed E-state index contributed by atoms with van der Waals surface area (Å²) in [5.74, 6) is -0.264. The van der Waals surface area contributed by atoms with Crippen LogP contribution in [0, 0.1) is 6.92 Å². The Morgan fingerprint density at radius 3 is 2.53 bits per heavy atom. The number of nitrogens with zero attached hydrogens (tertiary/aromatic N) is 2. The molecule has 1 aromatic heterocycles. The fourth-order valence-electron chi connectivity index (χ4n) is 3.71. The second-order valence-corrected chi connectivity index (χ2v) is 7.81. The monoisotopic (exact) mass is 427 g/mol. The molecule has 0 saturated carbocycles. The highest BCUT2D eigenvalue weighted by atomic mass is 16.3. The SMILES string of the molecule is Cc1ccc(NC(=O)CCc2nc3ccccc3n(CCc3ccccc3)c2=O)c(O)c1. The Hall–Kier alpha value is -3.93. The van der Waals surface area contributed by atoms with Gasteiger partial charge in [-0.3, -0.25) is 9.59 Å². The fourth-order valence-corrected chi connectivity index (χ4v) is 3.71. The highest BCUT2D eigenvalue weighted by Gasteiger charge is 2.13. The summed E-state index contributed by atoms with van der Waals surface area (Å²) < 4.78 is 1.74. The van der Waals surface area contributed by atoms with Gasteiger partial charge in [-0.1, -0.05) is 48.5 Å². The van der Waals surface area contributed by atoms with Crippen LogP contribution in [0.1, 0.15) is 23.2 Å². The van der Waals surface area contributed by atoms with Crippen molar-refractivity contribution in [2.75, 3.05) is 5.32 Å². The summed E-state index contributed by atoms with van der Waals surface area (Å²) in [5.41, 5.74) is 4.10. The van der Waals surface area contributed by atoms with Crippen LogP contribution in [0.2, 0.25) is 0 Å². The molecular formula is C26H25N3O3. The van der Waals surface area contributed by atoms with Gasteiger partial charge >= 0.3 is 0 Å². The molecule has 6 nitrogen and oxygen atoms in total. The molecule has 0 aliphatic carbocycles. The molecule has 0 unspecified atom stereocenters.